The molecule has 0 aliphatic carbocycles. The van der Waals surface area contributed by atoms with Gasteiger partial charge in [-0.3, -0.25) is 4.90 Å². The van der Waals surface area contributed by atoms with Crippen molar-refractivity contribution in [2.75, 3.05) is 45.9 Å². The lowest BCUT2D eigenvalue weighted by Gasteiger charge is -2.35. The molecule has 2 saturated heterocycles. The zero-order valence-corrected chi connectivity index (χ0v) is 15.2. The molecule has 2 aliphatic heterocycles. The molecule has 0 atom stereocenters. The molecule has 0 bridgehead atoms. The van der Waals surface area contributed by atoms with Crippen LogP contribution in [-0.2, 0) is 11.3 Å². The van der Waals surface area contributed by atoms with E-state index in [0.717, 1.165) is 51.9 Å². The number of phenolic OH excluding ortho intramolecular Hbond substituents is 1. The van der Waals surface area contributed by atoms with Crippen molar-refractivity contribution in [1.82, 2.24) is 9.80 Å². The van der Waals surface area contributed by atoms with Gasteiger partial charge in [-0.25, -0.2) is 0 Å². The highest BCUT2D eigenvalue weighted by atomic mass is 35.5. The fourth-order valence-corrected chi connectivity index (χ4v) is 3.92. The highest BCUT2D eigenvalue weighted by Crippen LogP contribution is 2.24. The molecule has 0 saturated carbocycles. The summed E-state index contributed by atoms with van der Waals surface area (Å²) in [4.78, 5) is 5.07. The number of ether oxygens (including phenoxy) is 1. The molecular weight excluding hydrogens is 324 g/mol. The third kappa shape index (κ3) is 5.35. The predicted octanol–water partition coefficient (Wildman–Crippen LogP) is 3.37. The number of benzene rings is 1. The third-order valence-electron chi connectivity index (χ3n) is 5.31. The van der Waals surface area contributed by atoms with Gasteiger partial charge in [-0.2, -0.15) is 0 Å². The largest absolute Gasteiger partial charge is 0.506 e. The van der Waals surface area contributed by atoms with Crippen molar-refractivity contribution < 1.29 is 9.84 Å². The lowest BCUT2D eigenvalue weighted by Crippen LogP contribution is -2.46. The highest BCUT2D eigenvalue weighted by Gasteiger charge is 2.18. The summed E-state index contributed by atoms with van der Waals surface area (Å²) in [6, 6.07) is 5.52. The van der Waals surface area contributed by atoms with E-state index in [1.54, 1.807) is 6.07 Å². The van der Waals surface area contributed by atoms with Crippen LogP contribution >= 0.6 is 11.6 Å². The summed E-state index contributed by atoms with van der Waals surface area (Å²) in [5.41, 5.74) is 1.17. The van der Waals surface area contributed by atoms with Gasteiger partial charge < -0.3 is 14.7 Å². The monoisotopic (exact) mass is 352 g/mol. The van der Waals surface area contributed by atoms with Gasteiger partial charge in [0.1, 0.15) is 5.75 Å². The molecule has 1 N–H and O–H groups in total. The molecule has 0 amide bonds. The Balaban J connectivity index is 1.34. The molecule has 2 fully saturated rings. The Morgan fingerprint density at radius 3 is 2.50 bits per heavy atom. The molecule has 4 nitrogen and oxygen atoms in total. The Labute approximate surface area is 150 Å². The zero-order valence-electron chi connectivity index (χ0n) is 14.4. The summed E-state index contributed by atoms with van der Waals surface area (Å²) in [6.07, 6.45) is 5.18. The van der Waals surface area contributed by atoms with Crippen LogP contribution in [-0.4, -0.2) is 60.8 Å². The molecule has 1 aromatic carbocycles. The first-order chi connectivity index (χ1) is 11.7. The van der Waals surface area contributed by atoms with Crippen molar-refractivity contribution in [1.29, 1.82) is 0 Å². The van der Waals surface area contributed by atoms with Crippen molar-refractivity contribution >= 4 is 11.6 Å². The molecule has 0 aromatic heterocycles. The molecule has 5 heteroatoms. The Bertz CT molecular complexity index is 512. The van der Waals surface area contributed by atoms with E-state index in [1.165, 1.54) is 37.8 Å². The van der Waals surface area contributed by atoms with E-state index in [-0.39, 0.29) is 5.75 Å². The fraction of sp³-hybridized carbons (Fsp3) is 0.684. The number of aromatic hydroxyl groups is 1. The normalized spacial score (nSPS) is 21.2. The summed E-state index contributed by atoms with van der Waals surface area (Å²) in [6.45, 7) is 8.59. The van der Waals surface area contributed by atoms with Crippen molar-refractivity contribution in [3.63, 3.8) is 0 Å². The minimum Gasteiger partial charge on any atom is -0.506 e. The first kappa shape index (κ1) is 18.0. The van der Waals surface area contributed by atoms with Crippen LogP contribution in [0.2, 0.25) is 5.02 Å². The van der Waals surface area contributed by atoms with E-state index in [0.29, 0.717) is 5.02 Å². The van der Waals surface area contributed by atoms with E-state index in [2.05, 4.69) is 9.80 Å². The van der Waals surface area contributed by atoms with Gasteiger partial charge in [-0.15, -0.1) is 0 Å². The van der Waals surface area contributed by atoms with E-state index < -0.39 is 0 Å². The van der Waals surface area contributed by atoms with Gasteiger partial charge in [0, 0.05) is 45.9 Å². The van der Waals surface area contributed by atoms with Crippen LogP contribution in [0.5, 0.6) is 5.75 Å². The Morgan fingerprint density at radius 2 is 1.79 bits per heavy atom. The smallest absolute Gasteiger partial charge is 0.134 e. The maximum Gasteiger partial charge on any atom is 0.134 e. The molecular formula is C19H29ClN2O2. The second-order valence-corrected chi connectivity index (χ2v) is 7.51. The van der Waals surface area contributed by atoms with Crippen LogP contribution in [0.25, 0.3) is 0 Å². The number of nitrogens with zero attached hydrogens (tertiary/aromatic N) is 2. The second kappa shape index (κ2) is 9.04. The van der Waals surface area contributed by atoms with Gasteiger partial charge >= 0.3 is 0 Å². The predicted molar refractivity (Wildman–Crippen MR) is 97.6 cm³/mol. The van der Waals surface area contributed by atoms with Crippen LogP contribution in [0.3, 0.4) is 0 Å². The summed E-state index contributed by atoms with van der Waals surface area (Å²) in [5.74, 6) is 1.05. The van der Waals surface area contributed by atoms with Gasteiger partial charge in [-0.05, 0) is 55.8 Å². The third-order valence-corrected chi connectivity index (χ3v) is 5.61. The number of phenols is 1. The van der Waals surface area contributed by atoms with Crippen LogP contribution in [0, 0.1) is 5.92 Å². The second-order valence-electron chi connectivity index (χ2n) is 7.10. The van der Waals surface area contributed by atoms with Crippen molar-refractivity contribution in [2.45, 2.75) is 32.2 Å². The maximum absolute atomic E-state index is 9.50. The lowest BCUT2D eigenvalue weighted by atomic mass is 9.95. The van der Waals surface area contributed by atoms with Gasteiger partial charge in [0.15, 0.2) is 0 Å². The Kier molecular flexibility index (Phi) is 6.78. The first-order valence-corrected chi connectivity index (χ1v) is 9.58. The highest BCUT2D eigenvalue weighted by molar-refractivity contribution is 6.32. The van der Waals surface area contributed by atoms with Gasteiger partial charge in [-0.1, -0.05) is 17.7 Å². The average molecular weight is 353 g/mol. The molecule has 24 heavy (non-hydrogen) atoms. The Morgan fingerprint density at radius 1 is 1.08 bits per heavy atom. The van der Waals surface area contributed by atoms with Gasteiger partial charge in [0.2, 0.25) is 0 Å². The number of hydrogen-bond donors (Lipinski definition) is 1. The molecule has 2 heterocycles. The standard InChI is InChI=1S/C19H29ClN2O2/c20-18-14-17(3-4-19(18)23)15-22-10-8-21(9-11-22)7-1-2-16-5-12-24-13-6-16/h3-4,14,16,23H,1-2,5-13,15H2. The number of piperazine rings is 1. The topological polar surface area (TPSA) is 35.9 Å². The average Bonchev–Trinajstić information content (AvgIpc) is 2.61. The molecule has 2 aliphatic rings. The van der Waals surface area contributed by atoms with Crippen LogP contribution in [0.1, 0.15) is 31.2 Å². The maximum atomic E-state index is 9.50. The van der Waals surface area contributed by atoms with E-state index in [9.17, 15) is 5.11 Å². The van der Waals surface area contributed by atoms with Crippen molar-refractivity contribution in [2.24, 2.45) is 5.92 Å². The number of hydrogen-bond acceptors (Lipinski definition) is 4. The van der Waals surface area contributed by atoms with Gasteiger partial charge in [0.25, 0.3) is 0 Å². The quantitative estimate of drug-likeness (QED) is 0.851. The van der Waals surface area contributed by atoms with Gasteiger partial charge in [0.05, 0.1) is 5.02 Å². The summed E-state index contributed by atoms with van der Waals surface area (Å²) in [5, 5.41) is 9.95. The lowest BCUT2D eigenvalue weighted by molar-refractivity contribution is 0.0609. The molecule has 0 radical (unpaired) electrons. The minimum atomic E-state index is 0.162. The van der Waals surface area contributed by atoms with Crippen LogP contribution in [0.4, 0.5) is 0 Å². The Hall–Kier alpha value is -0.810. The van der Waals surface area contributed by atoms with E-state index in [1.807, 2.05) is 12.1 Å². The summed E-state index contributed by atoms with van der Waals surface area (Å²) < 4.78 is 5.43. The molecule has 3 rings (SSSR count). The van der Waals surface area contributed by atoms with Crippen LogP contribution in [0.15, 0.2) is 18.2 Å². The molecule has 1 aromatic rings. The first-order valence-electron chi connectivity index (χ1n) is 9.20. The molecule has 134 valence electrons. The summed E-state index contributed by atoms with van der Waals surface area (Å²) >= 11 is 5.99. The van der Waals surface area contributed by atoms with E-state index in [4.69, 9.17) is 16.3 Å². The van der Waals surface area contributed by atoms with E-state index >= 15 is 0 Å². The summed E-state index contributed by atoms with van der Waals surface area (Å²) in [7, 11) is 0. The minimum absolute atomic E-state index is 0.162. The number of rotatable bonds is 6. The molecule has 0 spiro atoms. The fourth-order valence-electron chi connectivity index (χ4n) is 3.72. The van der Waals surface area contributed by atoms with Crippen LogP contribution < -0.4 is 0 Å². The van der Waals surface area contributed by atoms with Crippen molar-refractivity contribution in [3.8, 4) is 5.75 Å². The number of halogens is 1. The zero-order chi connectivity index (χ0) is 16.8. The SMILES string of the molecule is Oc1ccc(CN2CCN(CCCC3CCOCC3)CC2)cc1Cl. The van der Waals surface area contributed by atoms with Crippen molar-refractivity contribution in [3.05, 3.63) is 28.8 Å². The molecule has 0 unspecified atom stereocenters.